The molecule has 4 heterocycles. The molecular formula is C20H26F3N5O2. The number of nitrogens with zero attached hydrogens (tertiary/aromatic N) is 4. The molecule has 10 heteroatoms. The molecule has 0 spiro atoms. The van der Waals surface area contributed by atoms with E-state index in [-0.39, 0.29) is 36.0 Å². The Morgan fingerprint density at radius 2 is 2.10 bits per heavy atom. The van der Waals surface area contributed by atoms with Gasteiger partial charge >= 0.3 is 6.18 Å². The Morgan fingerprint density at radius 1 is 1.33 bits per heavy atom. The third kappa shape index (κ3) is 3.91. The van der Waals surface area contributed by atoms with Crippen LogP contribution >= 0.6 is 0 Å². The van der Waals surface area contributed by atoms with Crippen LogP contribution in [0.15, 0.2) is 16.7 Å². The Morgan fingerprint density at radius 3 is 2.73 bits per heavy atom. The van der Waals surface area contributed by atoms with E-state index >= 15 is 0 Å². The van der Waals surface area contributed by atoms with Crippen molar-refractivity contribution >= 4 is 11.7 Å². The number of rotatable bonds is 3. The highest BCUT2D eigenvalue weighted by Gasteiger charge is 2.47. The van der Waals surface area contributed by atoms with Crippen molar-refractivity contribution < 1.29 is 22.5 Å². The zero-order valence-corrected chi connectivity index (χ0v) is 17.2. The summed E-state index contributed by atoms with van der Waals surface area (Å²) >= 11 is 0. The zero-order valence-electron chi connectivity index (χ0n) is 17.2. The minimum atomic E-state index is -4.37. The Labute approximate surface area is 172 Å². The Balaban J connectivity index is 1.57. The summed E-state index contributed by atoms with van der Waals surface area (Å²) in [5.74, 6) is 0.256. The highest BCUT2D eigenvalue weighted by Crippen LogP contribution is 2.42. The van der Waals surface area contributed by atoms with Gasteiger partial charge in [-0.3, -0.25) is 4.79 Å². The third-order valence-electron chi connectivity index (χ3n) is 6.01. The average Bonchev–Trinajstić information content (AvgIpc) is 3.32. The van der Waals surface area contributed by atoms with E-state index in [1.165, 1.54) is 0 Å². The standard InChI is InChI=1S/C20H26F3N5O2/c1-11(2)14-8-17(20(21,22)23)28-18(24-14)9-15(25-28)13-5-4-6-27(10-13)19(29)16-7-12(3)26-30-16/h7,9,11,13-14,17,24H,4-6,8,10H2,1-3H3/t13-,14-,17-/m1/s1. The Bertz CT molecular complexity index is 920. The molecule has 0 aromatic carbocycles. The second-order valence-corrected chi connectivity index (χ2v) is 8.61. The van der Waals surface area contributed by atoms with E-state index in [4.69, 9.17) is 4.52 Å². The van der Waals surface area contributed by atoms with Crippen molar-refractivity contribution in [3.63, 3.8) is 0 Å². The normalized spacial score (nSPS) is 24.6. The number of fused-ring (bicyclic) bond motifs is 1. The molecule has 164 valence electrons. The summed E-state index contributed by atoms with van der Waals surface area (Å²) in [6.07, 6.45) is -2.90. The van der Waals surface area contributed by atoms with Gasteiger partial charge < -0.3 is 14.7 Å². The Kier molecular flexibility index (Phi) is 5.27. The minimum absolute atomic E-state index is 0.0462. The van der Waals surface area contributed by atoms with E-state index in [2.05, 4.69) is 15.6 Å². The molecule has 0 saturated carbocycles. The molecule has 30 heavy (non-hydrogen) atoms. The van der Waals surface area contributed by atoms with Crippen LogP contribution < -0.4 is 5.32 Å². The average molecular weight is 425 g/mol. The lowest BCUT2D eigenvalue weighted by Gasteiger charge is -2.35. The lowest BCUT2D eigenvalue weighted by Crippen LogP contribution is -2.41. The molecule has 0 radical (unpaired) electrons. The number of piperidine rings is 1. The van der Waals surface area contributed by atoms with E-state index in [1.54, 1.807) is 24.0 Å². The summed E-state index contributed by atoms with van der Waals surface area (Å²) in [4.78, 5) is 14.4. The third-order valence-corrected chi connectivity index (χ3v) is 6.01. The van der Waals surface area contributed by atoms with Gasteiger partial charge in [0.1, 0.15) is 5.82 Å². The number of aryl methyl sites for hydroxylation is 1. The smallest absolute Gasteiger partial charge is 0.367 e. The number of amides is 1. The van der Waals surface area contributed by atoms with Crippen LogP contribution in [0.3, 0.4) is 0 Å². The van der Waals surface area contributed by atoms with Gasteiger partial charge in [-0.15, -0.1) is 0 Å². The van der Waals surface area contributed by atoms with Crippen LogP contribution in [0.1, 0.15) is 67.0 Å². The van der Waals surface area contributed by atoms with Crippen LogP contribution in [-0.2, 0) is 0 Å². The minimum Gasteiger partial charge on any atom is -0.367 e. The predicted octanol–water partition coefficient (Wildman–Crippen LogP) is 4.14. The molecule has 0 aliphatic carbocycles. The van der Waals surface area contributed by atoms with Crippen LogP contribution in [-0.4, -0.2) is 51.1 Å². The fourth-order valence-corrected chi connectivity index (χ4v) is 4.28. The van der Waals surface area contributed by atoms with Crippen molar-refractivity contribution in [2.24, 2.45) is 5.92 Å². The monoisotopic (exact) mass is 425 g/mol. The number of anilines is 1. The largest absolute Gasteiger partial charge is 0.410 e. The SMILES string of the molecule is Cc1cc(C(=O)N2CCC[C@@H](c3cc4n(n3)[C@@H](C(F)(F)F)C[C@H](C(C)C)N4)C2)on1. The maximum absolute atomic E-state index is 13.7. The van der Waals surface area contributed by atoms with Gasteiger partial charge in [-0.1, -0.05) is 19.0 Å². The van der Waals surface area contributed by atoms with Crippen LogP contribution in [0.4, 0.5) is 19.0 Å². The van der Waals surface area contributed by atoms with Crippen LogP contribution in [0.2, 0.25) is 0 Å². The number of carbonyl (C=O) groups excluding carboxylic acids is 1. The summed E-state index contributed by atoms with van der Waals surface area (Å²) in [5, 5.41) is 11.3. The lowest BCUT2D eigenvalue weighted by molar-refractivity contribution is -0.174. The molecule has 4 rings (SSSR count). The lowest BCUT2D eigenvalue weighted by atomic mass is 9.93. The summed E-state index contributed by atoms with van der Waals surface area (Å²) in [6, 6.07) is 1.39. The molecule has 7 nitrogen and oxygen atoms in total. The quantitative estimate of drug-likeness (QED) is 0.800. The molecular weight excluding hydrogens is 399 g/mol. The van der Waals surface area contributed by atoms with Crippen molar-refractivity contribution in [2.75, 3.05) is 18.4 Å². The molecule has 2 aromatic rings. The van der Waals surface area contributed by atoms with Crippen LogP contribution in [0.25, 0.3) is 0 Å². The maximum atomic E-state index is 13.7. The van der Waals surface area contributed by atoms with E-state index in [0.29, 0.717) is 30.3 Å². The first kappa shape index (κ1) is 20.7. The number of hydrogen-bond donors (Lipinski definition) is 1. The molecule has 0 unspecified atom stereocenters. The zero-order chi connectivity index (χ0) is 21.6. The van der Waals surface area contributed by atoms with Crippen molar-refractivity contribution in [1.29, 1.82) is 0 Å². The molecule has 1 N–H and O–H groups in total. The summed E-state index contributed by atoms with van der Waals surface area (Å²) < 4.78 is 47.3. The first-order chi connectivity index (χ1) is 14.1. The van der Waals surface area contributed by atoms with Gasteiger partial charge in [0.2, 0.25) is 5.76 Å². The van der Waals surface area contributed by atoms with E-state index in [0.717, 1.165) is 17.5 Å². The first-order valence-corrected chi connectivity index (χ1v) is 10.3. The molecule has 2 aliphatic rings. The fourth-order valence-electron chi connectivity index (χ4n) is 4.28. The van der Waals surface area contributed by atoms with Crippen molar-refractivity contribution in [1.82, 2.24) is 19.8 Å². The highest BCUT2D eigenvalue weighted by molar-refractivity contribution is 5.91. The molecule has 1 amide bonds. The van der Waals surface area contributed by atoms with E-state index < -0.39 is 12.2 Å². The summed E-state index contributed by atoms with van der Waals surface area (Å²) in [5.41, 5.74) is 1.21. The van der Waals surface area contributed by atoms with Gasteiger partial charge in [-0.2, -0.15) is 18.3 Å². The summed E-state index contributed by atoms with van der Waals surface area (Å²) in [6.45, 7) is 6.52. The molecule has 0 bridgehead atoms. The van der Waals surface area contributed by atoms with Gasteiger partial charge in [0, 0.05) is 37.2 Å². The number of aromatic nitrogens is 3. The topological polar surface area (TPSA) is 76.2 Å². The second kappa shape index (κ2) is 7.63. The maximum Gasteiger partial charge on any atom is 0.410 e. The molecule has 2 aromatic heterocycles. The molecule has 1 fully saturated rings. The van der Waals surface area contributed by atoms with Gasteiger partial charge in [0.25, 0.3) is 5.91 Å². The van der Waals surface area contributed by atoms with Gasteiger partial charge in [0.15, 0.2) is 6.04 Å². The van der Waals surface area contributed by atoms with E-state index in [9.17, 15) is 18.0 Å². The number of carbonyl (C=O) groups is 1. The number of likely N-dealkylation sites (tertiary alicyclic amines) is 1. The molecule has 2 aliphatic heterocycles. The van der Waals surface area contributed by atoms with Gasteiger partial charge in [-0.25, -0.2) is 4.68 Å². The summed E-state index contributed by atoms with van der Waals surface area (Å²) in [7, 11) is 0. The number of halogens is 3. The number of hydrogen-bond acceptors (Lipinski definition) is 5. The Hall–Kier alpha value is -2.52. The van der Waals surface area contributed by atoms with Crippen LogP contribution in [0, 0.1) is 12.8 Å². The second-order valence-electron chi connectivity index (χ2n) is 8.61. The highest BCUT2D eigenvalue weighted by atomic mass is 19.4. The number of alkyl halides is 3. The molecule has 3 atom stereocenters. The van der Waals surface area contributed by atoms with Crippen molar-refractivity contribution in [3.8, 4) is 0 Å². The predicted molar refractivity (Wildman–Crippen MR) is 103 cm³/mol. The van der Waals surface area contributed by atoms with Crippen LogP contribution in [0.5, 0.6) is 0 Å². The van der Waals surface area contributed by atoms with Crippen molar-refractivity contribution in [3.05, 3.63) is 29.3 Å². The van der Waals surface area contributed by atoms with E-state index in [1.807, 2.05) is 13.8 Å². The first-order valence-electron chi connectivity index (χ1n) is 10.3. The number of nitrogens with one attached hydrogen (secondary N) is 1. The van der Waals surface area contributed by atoms with Crippen molar-refractivity contribution in [2.45, 2.75) is 64.2 Å². The van der Waals surface area contributed by atoms with Gasteiger partial charge in [-0.05, 0) is 32.1 Å². The molecule has 1 saturated heterocycles. The fraction of sp³-hybridized carbons (Fsp3) is 0.650. The van der Waals surface area contributed by atoms with Gasteiger partial charge in [0.05, 0.1) is 11.4 Å².